The quantitative estimate of drug-likeness (QED) is 0.697. The molecule has 0 radical (unpaired) electrons. The molecule has 3 heterocycles. The van der Waals surface area contributed by atoms with E-state index in [2.05, 4.69) is 22.2 Å². The second-order valence-electron chi connectivity index (χ2n) is 7.16. The second-order valence-corrected chi connectivity index (χ2v) is 9.39. The van der Waals surface area contributed by atoms with Crippen molar-refractivity contribution in [3.05, 3.63) is 47.5 Å². The first-order valence-electron chi connectivity index (χ1n) is 9.52. The van der Waals surface area contributed by atoms with Crippen LogP contribution in [-0.2, 0) is 21.1 Å². The number of carbonyl (C=O) groups is 1. The molecule has 1 aromatic carbocycles. The molecule has 162 valence electrons. The van der Waals surface area contributed by atoms with E-state index in [1.807, 2.05) is 0 Å². The van der Waals surface area contributed by atoms with Gasteiger partial charge in [0.25, 0.3) is 0 Å². The van der Waals surface area contributed by atoms with Gasteiger partial charge in [-0.3, -0.25) is 4.90 Å². The van der Waals surface area contributed by atoms with Crippen molar-refractivity contribution in [2.75, 3.05) is 29.6 Å². The molecule has 9 nitrogen and oxygen atoms in total. The third-order valence-corrected chi connectivity index (χ3v) is 6.48. The smallest absolute Gasteiger partial charge is 0.414 e. The predicted octanol–water partition coefficient (Wildman–Crippen LogP) is 0.988. The van der Waals surface area contributed by atoms with Crippen LogP contribution < -0.4 is 4.90 Å². The molecule has 0 saturated carbocycles. The lowest BCUT2D eigenvalue weighted by atomic mass is 10.0. The van der Waals surface area contributed by atoms with Gasteiger partial charge in [0.15, 0.2) is 15.5 Å². The molecule has 0 spiro atoms. The highest BCUT2D eigenvalue weighted by atomic mass is 32.2. The number of cyclic esters (lactones) is 1. The number of anilines is 1. The number of allylic oxidation sites excluding steroid dienone is 1. The van der Waals surface area contributed by atoms with Crippen LogP contribution in [0.3, 0.4) is 0 Å². The molecule has 1 saturated heterocycles. The van der Waals surface area contributed by atoms with Gasteiger partial charge in [-0.25, -0.2) is 22.3 Å². The number of sulfone groups is 1. The minimum atomic E-state index is -3.10. The summed E-state index contributed by atoms with van der Waals surface area (Å²) in [7, 11) is -3.10. The summed E-state index contributed by atoms with van der Waals surface area (Å²) in [6, 6.07) is 4.42. The van der Waals surface area contributed by atoms with Crippen molar-refractivity contribution >= 4 is 27.2 Å². The number of aliphatic hydroxyl groups is 1. The van der Waals surface area contributed by atoms with Crippen molar-refractivity contribution in [2.24, 2.45) is 0 Å². The van der Waals surface area contributed by atoms with Gasteiger partial charge < -0.3 is 9.84 Å². The van der Waals surface area contributed by atoms with Gasteiger partial charge in [0.1, 0.15) is 18.5 Å². The Morgan fingerprint density at radius 3 is 2.90 bits per heavy atom. The van der Waals surface area contributed by atoms with E-state index in [0.717, 1.165) is 0 Å². The number of carbonyl (C=O) groups excluding carboxylic acids is 1. The van der Waals surface area contributed by atoms with E-state index in [4.69, 9.17) is 9.84 Å². The molecule has 11 heteroatoms. The van der Waals surface area contributed by atoms with E-state index in [9.17, 15) is 17.6 Å². The maximum absolute atomic E-state index is 14.7. The second kappa shape index (κ2) is 8.49. The molecule has 1 amide bonds. The van der Waals surface area contributed by atoms with Crippen molar-refractivity contribution in [1.29, 1.82) is 0 Å². The Balaban J connectivity index is 1.45. The summed E-state index contributed by atoms with van der Waals surface area (Å²) in [6.07, 6.45) is 2.26. The van der Waals surface area contributed by atoms with E-state index in [0.29, 0.717) is 22.5 Å². The zero-order chi connectivity index (χ0) is 22.0. The number of aromatic nitrogens is 3. The minimum absolute atomic E-state index is 0.00423. The van der Waals surface area contributed by atoms with Crippen LogP contribution in [0.5, 0.6) is 0 Å². The Morgan fingerprint density at radius 1 is 1.35 bits per heavy atom. The van der Waals surface area contributed by atoms with E-state index in [1.54, 1.807) is 18.3 Å². The molecule has 2 aliphatic rings. The van der Waals surface area contributed by atoms with Gasteiger partial charge in [-0.05, 0) is 36.1 Å². The summed E-state index contributed by atoms with van der Waals surface area (Å²) < 4.78 is 44.7. The van der Waals surface area contributed by atoms with E-state index >= 15 is 0 Å². The topological polar surface area (TPSA) is 115 Å². The fraction of sp³-hybridized carbons (Fsp3) is 0.350. The van der Waals surface area contributed by atoms with Gasteiger partial charge in [0.05, 0.1) is 36.5 Å². The first kappa shape index (κ1) is 21.0. The number of aliphatic hydroxyl groups excluding tert-OH is 1. The average molecular weight is 446 g/mol. The fourth-order valence-electron chi connectivity index (χ4n) is 3.47. The highest BCUT2D eigenvalue weighted by molar-refractivity contribution is 7.91. The Bertz CT molecular complexity index is 1210. The molecule has 2 aliphatic heterocycles. The number of benzene rings is 1. The largest absolute Gasteiger partial charge is 0.442 e. The van der Waals surface area contributed by atoms with Gasteiger partial charge in [0, 0.05) is 5.56 Å². The van der Waals surface area contributed by atoms with Crippen molar-refractivity contribution in [3.8, 4) is 11.8 Å². The van der Waals surface area contributed by atoms with Crippen LogP contribution in [0.15, 0.2) is 30.5 Å². The molecule has 1 atom stereocenters. The van der Waals surface area contributed by atoms with Crippen LogP contribution in [0, 0.1) is 17.7 Å². The highest BCUT2D eigenvalue weighted by Crippen LogP contribution is 2.30. The number of halogens is 1. The first-order chi connectivity index (χ1) is 14.8. The Morgan fingerprint density at radius 2 is 2.19 bits per heavy atom. The number of nitrogens with zero attached hydrogens (tertiary/aromatic N) is 4. The molecule has 1 fully saturated rings. The summed E-state index contributed by atoms with van der Waals surface area (Å²) in [6.45, 7) is 0.168. The summed E-state index contributed by atoms with van der Waals surface area (Å²) in [5, 5.41) is 16.5. The number of rotatable bonds is 4. The third kappa shape index (κ3) is 4.76. The van der Waals surface area contributed by atoms with Crippen LogP contribution in [0.25, 0.3) is 5.57 Å². The molecule has 31 heavy (non-hydrogen) atoms. The molecule has 0 unspecified atom stereocenters. The van der Waals surface area contributed by atoms with Gasteiger partial charge in [-0.2, -0.15) is 0 Å². The Labute approximate surface area is 178 Å². The third-order valence-electron chi connectivity index (χ3n) is 4.98. The minimum Gasteiger partial charge on any atom is -0.442 e. The van der Waals surface area contributed by atoms with Crippen LogP contribution in [0.2, 0.25) is 0 Å². The lowest BCUT2D eigenvalue weighted by Crippen LogP contribution is -2.26. The van der Waals surface area contributed by atoms with Gasteiger partial charge in [-0.15, -0.1) is 5.10 Å². The van der Waals surface area contributed by atoms with Crippen molar-refractivity contribution in [2.45, 2.75) is 19.1 Å². The van der Waals surface area contributed by atoms with Crippen LogP contribution in [0.4, 0.5) is 14.9 Å². The summed E-state index contributed by atoms with van der Waals surface area (Å²) in [5.74, 6) is 4.48. The van der Waals surface area contributed by atoms with E-state index in [-0.39, 0.29) is 37.6 Å². The number of amides is 1. The van der Waals surface area contributed by atoms with Crippen molar-refractivity contribution < 1.29 is 27.4 Å². The molecule has 0 aliphatic carbocycles. The average Bonchev–Trinajstić information content (AvgIpc) is 3.33. The maximum Gasteiger partial charge on any atom is 0.414 e. The fourth-order valence-corrected chi connectivity index (χ4v) is 4.62. The number of hydrogen-bond donors (Lipinski definition) is 1. The molecule has 4 rings (SSSR count). The normalized spacial score (nSPS) is 20.1. The zero-order valence-corrected chi connectivity index (χ0v) is 17.2. The van der Waals surface area contributed by atoms with Gasteiger partial charge in [0.2, 0.25) is 0 Å². The molecule has 1 N–H and O–H groups in total. The van der Waals surface area contributed by atoms with Crippen LogP contribution in [0.1, 0.15) is 17.7 Å². The number of hydrogen-bond acceptors (Lipinski definition) is 7. The summed E-state index contributed by atoms with van der Waals surface area (Å²) >= 11 is 0. The molecule has 0 bridgehead atoms. The standard InChI is InChI=1S/C20H19FN4O5S/c21-19-10-16(3-4-18(19)14-5-8-31(28,29)9-6-14)25-13-17(30-20(25)27)12-24-11-15(22-23-24)2-1-7-26/h3-5,10-11,17,26H,6-9,12-13H2/t17-/m0/s1. The van der Waals surface area contributed by atoms with E-state index in [1.165, 1.54) is 21.7 Å². The van der Waals surface area contributed by atoms with E-state index < -0.39 is 27.9 Å². The molecule has 1 aromatic heterocycles. The van der Waals surface area contributed by atoms with Crippen LogP contribution in [-0.4, -0.2) is 65.4 Å². The SMILES string of the molecule is O=C1O[C@@H](Cn2cc(C#CCO)nn2)CN1c1ccc(C2=CCS(=O)(=O)CC2)c(F)c1. The first-order valence-corrected chi connectivity index (χ1v) is 11.3. The maximum atomic E-state index is 14.7. The predicted molar refractivity (Wildman–Crippen MR) is 109 cm³/mol. The lowest BCUT2D eigenvalue weighted by molar-refractivity contribution is 0.129. The van der Waals surface area contributed by atoms with Crippen molar-refractivity contribution in [3.63, 3.8) is 0 Å². The number of ether oxygens (including phenoxy) is 1. The van der Waals surface area contributed by atoms with Crippen molar-refractivity contribution in [1.82, 2.24) is 15.0 Å². The van der Waals surface area contributed by atoms with Gasteiger partial charge >= 0.3 is 6.09 Å². The molecular formula is C20H19FN4O5S. The Kier molecular flexibility index (Phi) is 5.75. The lowest BCUT2D eigenvalue weighted by Gasteiger charge is -2.17. The molecule has 2 aromatic rings. The van der Waals surface area contributed by atoms with Gasteiger partial charge in [-0.1, -0.05) is 17.2 Å². The molecular weight excluding hydrogens is 427 g/mol. The van der Waals surface area contributed by atoms with Crippen LogP contribution >= 0.6 is 0 Å². The Hall–Kier alpha value is -3.23. The highest BCUT2D eigenvalue weighted by Gasteiger charge is 2.33. The monoisotopic (exact) mass is 446 g/mol. The zero-order valence-electron chi connectivity index (χ0n) is 16.4. The summed E-state index contributed by atoms with van der Waals surface area (Å²) in [4.78, 5) is 13.6. The summed E-state index contributed by atoms with van der Waals surface area (Å²) in [5.41, 5.74) is 1.72.